The van der Waals surface area contributed by atoms with Crippen LogP contribution in [0.15, 0.2) is 65.6 Å². The molecule has 34 heavy (non-hydrogen) atoms. The summed E-state index contributed by atoms with van der Waals surface area (Å²) in [5, 5.41) is 12.5. The van der Waals surface area contributed by atoms with Crippen LogP contribution < -0.4 is 4.90 Å². The van der Waals surface area contributed by atoms with Crippen molar-refractivity contribution in [3.63, 3.8) is 0 Å². The molecule has 3 heterocycles. The molecule has 3 aromatic rings. The van der Waals surface area contributed by atoms with Crippen LogP contribution in [0.4, 0.5) is 15.8 Å². The topological polar surface area (TPSA) is 104 Å². The summed E-state index contributed by atoms with van der Waals surface area (Å²) in [4.78, 5) is 28.2. The Labute approximate surface area is 194 Å². The van der Waals surface area contributed by atoms with Gasteiger partial charge >= 0.3 is 0 Å². The van der Waals surface area contributed by atoms with Crippen molar-refractivity contribution in [1.82, 2.24) is 9.21 Å². The Balaban J connectivity index is 1.35. The summed E-state index contributed by atoms with van der Waals surface area (Å²) in [6.45, 7) is 0.542. The van der Waals surface area contributed by atoms with Crippen LogP contribution in [-0.4, -0.2) is 59.8 Å². The predicted octanol–water partition coefficient (Wildman–Crippen LogP) is 2.71. The number of carbonyl (C=O) groups is 1. The highest BCUT2D eigenvalue weighted by Gasteiger charge is 2.60. The van der Waals surface area contributed by atoms with E-state index in [-0.39, 0.29) is 35.7 Å². The van der Waals surface area contributed by atoms with Crippen molar-refractivity contribution < 1.29 is 22.5 Å². The largest absolute Gasteiger partial charge is 0.297 e. The van der Waals surface area contributed by atoms with Gasteiger partial charge < -0.3 is 0 Å². The molecule has 0 aliphatic carbocycles. The summed E-state index contributed by atoms with van der Waals surface area (Å²) in [5.41, 5.74) is 0.524. The minimum Gasteiger partial charge on any atom is -0.297 e. The Bertz CT molecular complexity index is 1460. The maximum atomic E-state index is 13.6. The second-order valence-corrected chi connectivity index (χ2v) is 10.6. The number of benzene rings is 3. The molecule has 6 rings (SSSR count). The molecule has 0 saturated carbocycles. The number of rotatable bonds is 4. The number of halogens is 1. The van der Waals surface area contributed by atoms with E-state index in [1.165, 1.54) is 22.5 Å². The molecule has 0 radical (unpaired) electrons. The quantitative estimate of drug-likeness (QED) is 0.418. The summed E-state index contributed by atoms with van der Waals surface area (Å²) in [5.74, 6) is -0.754. The number of hydrogen-bond acceptors (Lipinski definition) is 6. The zero-order valence-electron chi connectivity index (χ0n) is 17.7. The SMILES string of the molecule is O=C1[C@H]2C3CC(CN3S(=O)(=O)c3ccc(F)cc3)N2CN1c1ccc([N+](=O)[O-])c2ccccc12. The van der Waals surface area contributed by atoms with E-state index in [9.17, 15) is 27.7 Å². The molecule has 3 aliphatic rings. The highest BCUT2D eigenvalue weighted by atomic mass is 32.2. The van der Waals surface area contributed by atoms with Gasteiger partial charge in [0.15, 0.2) is 0 Å². The maximum Gasteiger partial charge on any atom is 0.277 e. The number of nitrogens with zero attached hydrogens (tertiary/aromatic N) is 4. The lowest BCUT2D eigenvalue weighted by atomic mass is 10.1. The predicted molar refractivity (Wildman–Crippen MR) is 121 cm³/mol. The monoisotopic (exact) mass is 482 g/mol. The standard InChI is InChI=1S/C23H19FN4O5S/c24-14-5-7-16(8-6-14)34(32,33)27-12-15-11-21(27)22-23(29)26(13-25(15)22)19-9-10-20(28(30)31)18-4-2-1-3-17(18)19/h1-10,15,21-22H,11-13H2/t15?,21?,22-/m1/s1. The van der Waals surface area contributed by atoms with E-state index in [4.69, 9.17) is 0 Å². The fourth-order valence-corrected chi connectivity index (χ4v) is 7.24. The minimum absolute atomic E-state index is 0.00309. The number of fused-ring (bicyclic) bond motifs is 6. The molecule has 3 saturated heterocycles. The number of nitro groups is 1. The van der Waals surface area contributed by atoms with Crippen molar-refractivity contribution in [1.29, 1.82) is 0 Å². The summed E-state index contributed by atoms with van der Waals surface area (Å²) < 4.78 is 41.2. The van der Waals surface area contributed by atoms with Crippen LogP contribution in [0.2, 0.25) is 0 Å². The lowest BCUT2D eigenvalue weighted by Crippen LogP contribution is -2.54. The summed E-state index contributed by atoms with van der Waals surface area (Å²) in [6.07, 6.45) is 0.547. The van der Waals surface area contributed by atoms with E-state index >= 15 is 0 Å². The van der Waals surface area contributed by atoms with E-state index < -0.39 is 32.8 Å². The van der Waals surface area contributed by atoms with Crippen LogP contribution >= 0.6 is 0 Å². The molecule has 2 unspecified atom stereocenters. The van der Waals surface area contributed by atoms with Crippen LogP contribution in [0.3, 0.4) is 0 Å². The van der Waals surface area contributed by atoms with Crippen molar-refractivity contribution in [2.45, 2.75) is 29.4 Å². The van der Waals surface area contributed by atoms with Gasteiger partial charge in [0.25, 0.3) is 5.69 Å². The molecule has 9 nitrogen and oxygen atoms in total. The molecule has 3 atom stereocenters. The zero-order chi connectivity index (χ0) is 23.8. The molecule has 174 valence electrons. The molecule has 11 heteroatoms. The Hall–Kier alpha value is -3.41. The Morgan fingerprint density at radius 1 is 1.00 bits per heavy atom. The number of hydrogen-bond donors (Lipinski definition) is 0. The number of non-ortho nitro benzene ring substituents is 1. The average molecular weight is 482 g/mol. The van der Waals surface area contributed by atoms with Crippen molar-refractivity contribution in [2.24, 2.45) is 0 Å². The van der Waals surface area contributed by atoms with Gasteiger partial charge in [-0.3, -0.25) is 24.7 Å². The van der Waals surface area contributed by atoms with Crippen molar-refractivity contribution in [2.75, 3.05) is 18.1 Å². The number of carbonyl (C=O) groups excluding carboxylic acids is 1. The second-order valence-electron chi connectivity index (χ2n) is 8.76. The smallest absolute Gasteiger partial charge is 0.277 e. The molecular weight excluding hydrogens is 463 g/mol. The van der Waals surface area contributed by atoms with Gasteiger partial charge in [-0.25, -0.2) is 12.8 Å². The zero-order valence-corrected chi connectivity index (χ0v) is 18.6. The van der Waals surface area contributed by atoms with E-state index in [2.05, 4.69) is 0 Å². The molecule has 2 bridgehead atoms. The van der Waals surface area contributed by atoms with E-state index in [1.807, 2.05) is 4.90 Å². The van der Waals surface area contributed by atoms with Gasteiger partial charge in [0, 0.05) is 24.0 Å². The number of anilines is 1. The Morgan fingerprint density at radius 2 is 1.71 bits per heavy atom. The highest BCUT2D eigenvalue weighted by Crippen LogP contribution is 2.45. The molecule has 3 aliphatic heterocycles. The van der Waals surface area contributed by atoms with Gasteiger partial charge in [0.05, 0.1) is 33.6 Å². The summed E-state index contributed by atoms with van der Waals surface area (Å²) >= 11 is 0. The third-order valence-corrected chi connectivity index (χ3v) is 8.98. The lowest BCUT2D eigenvalue weighted by molar-refractivity contribution is -0.383. The van der Waals surface area contributed by atoms with Gasteiger partial charge in [-0.15, -0.1) is 0 Å². The van der Waals surface area contributed by atoms with Crippen molar-refractivity contribution >= 4 is 38.1 Å². The van der Waals surface area contributed by atoms with Crippen LogP contribution in [0, 0.1) is 15.9 Å². The number of sulfonamides is 1. The molecule has 1 amide bonds. The van der Waals surface area contributed by atoms with Gasteiger partial charge in [-0.1, -0.05) is 18.2 Å². The third kappa shape index (κ3) is 2.90. The number of piperazine rings is 1. The number of nitro benzene ring substituents is 1. The molecule has 3 fully saturated rings. The van der Waals surface area contributed by atoms with E-state index in [1.54, 1.807) is 35.2 Å². The average Bonchev–Trinajstić information content (AvgIpc) is 3.50. The van der Waals surface area contributed by atoms with Gasteiger partial charge in [0.2, 0.25) is 15.9 Å². The first-order valence-electron chi connectivity index (χ1n) is 10.8. The fourth-order valence-electron chi connectivity index (χ4n) is 5.57. The lowest BCUT2D eigenvalue weighted by Gasteiger charge is -2.34. The first-order valence-corrected chi connectivity index (χ1v) is 12.2. The van der Waals surface area contributed by atoms with Gasteiger partial charge in [-0.2, -0.15) is 4.31 Å². The Kier molecular flexibility index (Phi) is 4.54. The second kappa shape index (κ2) is 7.29. The fraction of sp³-hybridized carbons (Fsp3) is 0.261. The van der Waals surface area contributed by atoms with Crippen LogP contribution in [0.1, 0.15) is 6.42 Å². The van der Waals surface area contributed by atoms with Crippen LogP contribution in [0.25, 0.3) is 10.8 Å². The summed E-state index contributed by atoms with van der Waals surface area (Å²) in [7, 11) is -3.89. The minimum atomic E-state index is -3.89. The van der Waals surface area contributed by atoms with Gasteiger partial charge in [-0.05, 0) is 42.8 Å². The molecular formula is C23H19FN4O5S. The molecule has 3 aromatic carbocycles. The summed E-state index contributed by atoms with van der Waals surface area (Å²) in [6, 6.07) is 13.2. The Morgan fingerprint density at radius 3 is 2.41 bits per heavy atom. The third-order valence-electron chi connectivity index (χ3n) is 7.07. The maximum absolute atomic E-state index is 13.6. The van der Waals surface area contributed by atoms with E-state index in [0.717, 1.165) is 12.1 Å². The van der Waals surface area contributed by atoms with Crippen molar-refractivity contribution in [3.8, 4) is 0 Å². The normalized spacial score (nSPS) is 24.8. The van der Waals surface area contributed by atoms with Crippen LogP contribution in [-0.2, 0) is 14.8 Å². The van der Waals surface area contributed by atoms with Crippen molar-refractivity contribution in [3.05, 3.63) is 76.6 Å². The number of amides is 1. The molecule has 0 N–H and O–H groups in total. The molecule has 0 spiro atoms. The molecule has 0 aromatic heterocycles. The highest BCUT2D eigenvalue weighted by molar-refractivity contribution is 7.89. The first kappa shape index (κ1) is 21.1. The van der Waals surface area contributed by atoms with Crippen LogP contribution in [0.5, 0.6) is 0 Å². The van der Waals surface area contributed by atoms with Gasteiger partial charge in [0.1, 0.15) is 11.9 Å². The van der Waals surface area contributed by atoms with E-state index in [0.29, 0.717) is 22.9 Å². The first-order chi connectivity index (χ1) is 16.3.